The molecule has 0 radical (unpaired) electrons. The van der Waals surface area contributed by atoms with Crippen molar-refractivity contribution in [2.75, 3.05) is 17.7 Å². The Balaban J connectivity index is 2.22. The minimum absolute atomic E-state index is 0.116. The molecule has 0 saturated carbocycles. The third-order valence-electron chi connectivity index (χ3n) is 2.96. The van der Waals surface area contributed by atoms with E-state index in [1.54, 1.807) is 30.1 Å². The fourth-order valence-corrected chi connectivity index (χ4v) is 1.92. The van der Waals surface area contributed by atoms with Gasteiger partial charge in [0, 0.05) is 25.3 Å². The molecule has 0 aliphatic heterocycles. The second-order valence-electron chi connectivity index (χ2n) is 4.49. The van der Waals surface area contributed by atoms with Gasteiger partial charge in [-0.05, 0) is 29.8 Å². The molecule has 0 spiro atoms. The summed E-state index contributed by atoms with van der Waals surface area (Å²) in [6.45, 7) is 0.421. The van der Waals surface area contributed by atoms with Crippen LogP contribution in [0, 0.1) is 15.9 Å². The monoisotopic (exact) mass is 275 g/mol. The zero-order valence-electron chi connectivity index (χ0n) is 10.9. The quantitative estimate of drug-likeness (QED) is 0.529. The summed E-state index contributed by atoms with van der Waals surface area (Å²) in [6, 6.07) is 10.8. The van der Waals surface area contributed by atoms with Gasteiger partial charge in [0.05, 0.1) is 4.92 Å². The molecule has 0 amide bonds. The Kier molecular flexibility index (Phi) is 3.84. The lowest BCUT2D eigenvalue weighted by molar-refractivity contribution is -0.384. The van der Waals surface area contributed by atoms with Crippen molar-refractivity contribution in [1.29, 1.82) is 0 Å². The van der Waals surface area contributed by atoms with Gasteiger partial charge in [0.25, 0.3) is 5.69 Å². The van der Waals surface area contributed by atoms with Gasteiger partial charge in [0.2, 0.25) is 0 Å². The van der Waals surface area contributed by atoms with Crippen LogP contribution in [0.2, 0.25) is 0 Å². The number of nitro groups is 1. The van der Waals surface area contributed by atoms with Crippen molar-refractivity contribution in [3.05, 3.63) is 64.0 Å². The van der Waals surface area contributed by atoms with Crippen LogP contribution < -0.4 is 10.6 Å². The third kappa shape index (κ3) is 3.03. The van der Waals surface area contributed by atoms with Crippen LogP contribution in [0.3, 0.4) is 0 Å². The highest BCUT2D eigenvalue weighted by molar-refractivity contribution is 5.59. The average molecular weight is 275 g/mol. The van der Waals surface area contributed by atoms with Crippen LogP contribution in [-0.4, -0.2) is 12.0 Å². The average Bonchev–Trinajstić information content (AvgIpc) is 2.40. The van der Waals surface area contributed by atoms with E-state index in [-0.39, 0.29) is 17.2 Å². The van der Waals surface area contributed by atoms with Gasteiger partial charge in [0.1, 0.15) is 11.5 Å². The number of nitrogen functional groups attached to an aromatic ring is 1. The first-order valence-corrected chi connectivity index (χ1v) is 5.97. The van der Waals surface area contributed by atoms with E-state index in [4.69, 9.17) is 5.73 Å². The third-order valence-corrected chi connectivity index (χ3v) is 2.96. The van der Waals surface area contributed by atoms with Crippen LogP contribution in [0.4, 0.5) is 21.5 Å². The lowest BCUT2D eigenvalue weighted by atomic mass is 10.1. The minimum Gasteiger partial charge on any atom is -0.393 e. The Morgan fingerprint density at radius 2 is 2.05 bits per heavy atom. The number of benzene rings is 2. The van der Waals surface area contributed by atoms with Crippen LogP contribution >= 0.6 is 0 Å². The van der Waals surface area contributed by atoms with Crippen molar-refractivity contribution in [2.24, 2.45) is 0 Å². The summed E-state index contributed by atoms with van der Waals surface area (Å²) >= 11 is 0. The first kappa shape index (κ1) is 13.8. The summed E-state index contributed by atoms with van der Waals surface area (Å²) in [5.41, 5.74) is 7.00. The second-order valence-corrected chi connectivity index (χ2v) is 4.49. The van der Waals surface area contributed by atoms with E-state index in [0.717, 1.165) is 5.56 Å². The van der Waals surface area contributed by atoms with Crippen molar-refractivity contribution in [1.82, 2.24) is 0 Å². The zero-order valence-corrected chi connectivity index (χ0v) is 10.9. The smallest absolute Gasteiger partial charge is 0.292 e. The Morgan fingerprint density at radius 3 is 2.70 bits per heavy atom. The van der Waals surface area contributed by atoms with Gasteiger partial charge in [-0.15, -0.1) is 0 Å². The van der Waals surface area contributed by atoms with Gasteiger partial charge in [-0.25, -0.2) is 4.39 Å². The van der Waals surface area contributed by atoms with Crippen molar-refractivity contribution in [3.8, 4) is 0 Å². The molecule has 0 aromatic heterocycles. The normalized spacial score (nSPS) is 10.3. The van der Waals surface area contributed by atoms with Crippen molar-refractivity contribution >= 4 is 17.1 Å². The number of anilines is 2. The van der Waals surface area contributed by atoms with Gasteiger partial charge in [0.15, 0.2) is 0 Å². The van der Waals surface area contributed by atoms with Crippen LogP contribution in [0.1, 0.15) is 5.56 Å². The summed E-state index contributed by atoms with van der Waals surface area (Å²) in [5.74, 6) is -0.322. The van der Waals surface area contributed by atoms with E-state index in [1.807, 2.05) is 0 Å². The molecule has 0 aliphatic carbocycles. The Morgan fingerprint density at radius 1 is 1.30 bits per heavy atom. The second kappa shape index (κ2) is 5.56. The molecule has 0 bridgehead atoms. The maximum absolute atomic E-state index is 13.2. The molecule has 20 heavy (non-hydrogen) atoms. The molecular formula is C14H14FN3O2. The van der Waals surface area contributed by atoms with Crippen molar-refractivity contribution in [3.63, 3.8) is 0 Å². The fraction of sp³-hybridized carbons (Fsp3) is 0.143. The van der Waals surface area contributed by atoms with Crippen molar-refractivity contribution in [2.45, 2.75) is 6.54 Å². The van der Waals surface area contributed by atoms with E-state index in [0.29, 0.717) is 12.2 Å². The molecule has 6 heteroatoms. The number of nitro benzene ring substituents is 1. The highest BCUT2D eigenvalue weighted by atomic mass is 19.1. The van der Waals surface area contributed by atoms with E-state index < -0.39 is 4.92 Å². The summed E-state index contributed by atoms with van der Waals surface area (Å²) in [7, 11) is 1.79. The topological polar surface area (TPSA) is 72.4 Å². The Hall–Kier alpha value is -2.63. The summed E-state index contributed by atoms with van der Waals surface area (Å²) < 4.78 is 13.2. The number of hydrogen-bond donors (Lipinski definition) is 1. The predicted molar refractivity (Wildman–Crippen MR) is 76.0 cm³/mol. The van der Waals surface area contributed by atoms with E-state index in [9.17, 15) is 14.5 Å². The molecule has 0 heterocycles. The first-order valence-electron chi connectivity index (χ1n) is 5.97. The number of rotatable bonds is 4. The van der Waals surface area contributed by atoms with Crippen LogP contribution in [-0.2, 0) is 6.54 Å². The highest BCUT2D eigenvalue weighted by Crippen LogP contribution is 2.24. The summed E-state index contributed by atoms with van der Waals surface area (Å²) in [6.07, 6.45) is 0. The summed E-state index contributed by atoms with van der Waals surface area (Å²) in [4.78, 5) is 12.1. The standard InChI is InChI=1S/C14H14FN3O2/c1-17(12-4-2-3-11(15)8-12)9-10-5-6-13(16)14(7-10)18(19)20/h2-8H,9,16H2,1H3. The Labute approximate surface area is 115 Å². The molecule has 2 rings (SSSR count). The molecule has 104 valence electrons. The van der Waals surface area contributed by atoms with Gasteiger partial charge in [-0.3, -0.25) is 10.1 Å². The van der Waals surface area contributed by atoms with Crippen LogP contribution in [0.5, 0.6) is 0 Å². The van der Waals surface area contributed by atoms with Crippen LogP contribution in [0.15, 0.2) is 42.5 Å². The molecule has 2 N–H and O–H groups in total. The maximum atomic E-state index is 13.2. The predicted octanol–water partition coefficient (Wildman–Crippen LogP) is 2.95. The number of hydrogen-bond acceptors (Lipinski definition) is 4. The molecule has 0 fully saturated rings. The van der Waals surface area contributed by atoms with Gasteiger partial charge >= 0.3 is 0 Å². The summed E-state index contributed by atoms with van der Waals surface area (Å²) in [5, 5.41) is 10.8. The molecule has 5 nitrogen and oxygen atoms in total. The number of nitrogens with two attached hydrogens (primary N) is 1. The molecule has 0 unspecified atom stereocenters. The largest absolute Gasteiger partial charge is 0.393 e. The minimum atomic E-state index is -0.513. The van der Waals surface area contributed by atoms with Gasteiger partial charge < -0.3 is 10.6 Å². The van der Waals surface area contributed by atoms with Crippen LogP contribution in [0.25, 0.3) is 0 Å². The highest BCUT2D eigenvalue weighted by Gasteiger charge is 2.13. The SMILES string of the molecule is CN(Cc1ccc(N)c([N+](=O)[O-])c1)c1cccc(F)c1. The number of halogens is 1. The van der Waals surface area contributed by atoms with E-state index >= 15 is 0 Å². The van der Waals surface area contributed by atoms with Crippen molar-refractivity contribution < 1.29 is 9.31 Å². The number of nitrogens with zero attached hydrogens (tertiary/aromatic N) is 2. The zero-order chi connectivity index (χ0) is 14.7. The lowest BCUT2D eigenvalue weighted by Crippen LogP contribution is -2.16. The van der Waals surface area contributed by atoms with E-state index in [2.05, 4.69) is 0 Å². The Bertz CT molecular complexity index is 646. The van der Waals surface area contributed by atoms with E-state index in [1.165, 1.54) is 24.3 Å². The maximum Gasteiger partial charge on any atom is 0.292 e. The molecule has 0 aliphatic rings. The lowest BCUT2D eigenvalue weighted by Gasteiger charge is -2.19. The molecule has 0 saturated heterocycles. The fourth-order valence-electron chi connectivity index (χ4n) is 1.92. The molecule has 2 aromatic rings. The van der Waals surface area contributed by atoms with Gasteiger partial charge in [-0.2, -0.15) is 0 Å². The first-order chi connectivity index (χ1) is 9.47. The molecule has 0 atom stereocenters. The van der Waals surface area contributed by atoms with Gasteiger partial charge in [-0.1, -0.05) is 12.1 Å². The molecular weight excluding hydrogens is 261 g/mol. The molecule has 2 aromatic carbocycles.